The van der Waals surface area contributed by atoms with E-state index in [9.17, 15) is 8.42 Å². The van der Waals surface area contributed by atoms with E-state index < -0.39 is 10.0 Å². The summed E-state index contributed by atoms with van der Waals surface area (Å²) < 4.78 is 25.1. The summed E-state index contributed by atoms with van der Waals surface area (Å²) >= 11 is 1.66. The van der Waals surface area contributed by atoms with Gasteiger partial charge in [0.15, 0.2) is 0 Å². The molecule has 0 aliphatic carbocycles. The van der Waals surface area contributed by atoms with Crippen LogP contribution in [0.5, 0.6) is 0 Å². The Morgan fingerprint density at radius 2 is 2.18 bits per heavy atom. The number of nitrogens with zero attached hydrogens (tertiary/aromatic N) is 1. The van der Waals surface area contributed by atoms with Crippen LogP contribution in [0.4, 0.5) is 0 Å². The van der Waals surface area contributed by atoms with E-state index in [-0.39, 0.29) is 5.75 Å². The Morgan fingerprint density at radius 1 is 1.41 bits per heavy atom. The van der Waals surface area contributed by atoms with Crippen molar-refractivity contribution in [1.82, 2.24) is 15.0 Å². The quantitative estimate of drug-likeness (QED) is 0.687. The minimum Gasteiger partial charge on any atom is -0.311 e. The van der Waals surface area contributed by atoms with Crippen LogP contribution in [-0.4, -0.2) is 32.2 Å². The number of thiazole rings is 1. The van der Waals surface area contributed by atoms with Crippen molar-refractivity contribution < 1.29 is 8.42 Å². The molecule has 0 aliphatic heterocycles. The zero-order chi connectivity index (χ0) is 12.7. The van der Waals surface area contributed by atoms with Gasteiger partial charge < -0.3 is 5.32 Å². The number of rotatable bonds is 8. The second-order valence-corrected chi connectivity index (χ2v) is 6.69. The maximum absolute atomic E-state index is 11.3. The van der Waals surface area contributed by atoms with E-state index in [1.807, 2.05) is 6.20 Å². The van der Waals surface area contributed by atoms with Crippen molar-refractivity contribution in [3.8, 4) is 0 Å². The summed E-state index contributed by atoms with van der Waals surface area (Å²) in [5, 5.41) is 4.22. The van der Waals surface area contributed by atoms with Gasteiger partial charge in [0, 0.05) is 30.7 Å². The standard InChI is InChI=1S/C10H19N3O2S2/c1-3-10-12-8-9(16-10)7-11-5-6-17(14,15)13-4-2/h8,11,13H,3-7H2,1-2H3. The van der Waals surface area contributed by atoms with Crippen LogP contribution in [-0.2, 0) is 23.0 Å². The van der Waals surface area contributed by atoms with Gasteiger partial charge in [-0.05, 0) is 6.42 Å². The summed E-state index contributed by atoms with van der Waals surface area (Å²) in [6.07, 6.45) is 2.79. The predicted molar refractivity (Wildman–Crippen MR) is 70.7 cm³/mol. The number of nitrogens with one attached hydrogen (secondary N) is 2. The predicted octanol–water partition coefficient (Wildman–Crippen LogP) is 0.734. The van der Waals surface area contributed by atoms with Crippen LogP contribution in [0.3, 0.4) is 0 Å². The minimum atomic E-state index is -3.11. The highest BCUT2D eigenvalue weighted by atomic mass is 32.2. The fourth-order valence-electron chi connectivity index (χ4n) is 1.30. The smallest absolute Gasteiger partial charge is 0.212 e. The van der Waals surface area contributed by atoms with Crippen LogP contribution in [0.2, 0.25) is 0 Å². The van der Waals surface area contributed by atoms with E-state index >= 15 is 0 Å². The first-order valence-corrected chi connectivity index (χ1v) is 8.16. The van der Waals surface area contributed by atoms with Gasteiger partial charge in [0.2, 0.25) is 10.0 Å². The van der Waals surface area contributed by atoms with Crippen LogP contribution < -0.4 is 10.0 Å². The molecule has 1 rings (SSSR count). The van der Waals surface area contributed by atoms with Crippen molar-refractivity contribution in [2.45, 2.75) is 26.8 Å². The molecule has 98 valence electrons. The van der Waals surface area contributed by atoms with E-state index in [0.717, 1.165) is 16.3 Å². The molecule has 0 atom stereocenters. The number of sulfonamides is 1. The van der Waals surface area contributed by atoms with Crippen molar-refractivity contribution in [3.05, 3.63) is 16.1 Å². The molecule has 0 spiro atoms. The molecule has 17 heavy (non-hydrogen) atoms. The maximum atomic E-state index is 11.3. The molecule has 0 aromatic carbocycles. The molecule has 5 nitrogen and oxygen atoms in total. The molecule has 0 radical (unpaired) electrons. The fraction of sp³-hybridized carbons (Fsp3) is 0.700. The Hall–Kier alpha value is -0.500. The first-order valence-electron chi connectivity index (χ1n) is 5.69. The third-order valence-corrected chi connectivity index (χ3v) is 4.73. The molecule has 2 N–H and O–H groups in total. The molecule has 0 amide bonds. The summed E-state index contributed by atoms with van der Waals surface area (Å²) in [7, 11) is -3.11. The molecule has 1 aromatic heterocycles. The highest BCUT2D eigenvalue weighted by Gasteiger charge is 2.07. The van der Waals surface area contributed by atoms with Gasteiger partial charge in [0.25, 0.3) is 0 Å². The van der Waals surface area contributed by atoms with E-state index in [1.54, 1.807) is 18.3 Å². The van der Waals surface area contributed by atoms with Gasteiger partial charge in [0.05, 0.1) is 10.8 Å². The SMILES string of the molecule is CCNS(=O)(=O)CCNCc1cnc(CC)s1. The molecule has 0 bridgehead atoms. The topological polar surface area (TPSA) is 71.1 Å². The first-order chi connectivity index (χ1) is 8.07. The number of aromatic nitrogens is 1. The van der Waals surface area contributed by atoms with Gasteiger partial charge in [-0.2, -0.15) is 0 Å². The molecule has 0 aliphatic rings. The van der Waals surface area contributed by atoms with Gasteiger partial charge in [-0.15, -0.1) is 11.3 Å². The Balaban J connectivity index is 2.24. The van der Waals surface area contributed by atoms with Crippen LogP contribution in [0.1, 0.15) is 23.7 Å². The molecular formula is C10H19N3O2S2. The second kappa shape index (κ2) is 7.05. The van der Waals surface area contributed by atoms with Crippen molar-refractivity contribution in [1.29, 1.82) is 0 Å². The lowest BCUT2D eigenvalue weighted by Crippen LogP contribution is -2.31. The zero-order valence-electron chi connectivity index (χ0n) is 10.2. The lowest BCUT2D eigenvalue weighted by Gasteiger charge is -2.04. The molecule has 0 unspecified atom stereocenters. The van der Waals surface area contributed by atoms with Crippen LogP contribution in [0.25, 0.3) is 0 Å². The third-order valence-electron chi connectivity index (χ3n) is 2.11. The van der Waals surface area contributed by atoms with Crippen molar-refractivity contribution in [2.75, 3.05) is 18.8 Å². The Kier molecular flexibility index (Phi) is 6.04. The number of hydrogen-bond acceptors (Lipinski definition) is 5. The van der Waals surface area contributed by atoms with Crippen molar-refractivity contribution >= 4 is 21.4 Å². The van der Waals surface area contributed by atoms with E-state index in [1.165, 1.54) is 0 Å². The molecule has 0 saturated carbocycles. The Labute approximate surface area is 107 Å². The van der Waals surface area contributed by atoms with Crippen LogP contribution in [0.15, 0.2) is 6.20 Å². The number of hydrogen-bond donors (Lipinski definition) is 2. The lowest BCUT2D eigenvalue weighted by molar-refractivity contribution is 0.579. The average molecular weight is 277 g/mol. The van der Waals surface area contributed by atoms with Gasteiger partial charge >= 0.3 is 0 Å². The van der Waals surface area contributed by atoms with Gasteiger partial charge in [-0.25, -0.2) is 18.1 Å². The van der Waals surface area contributed by atoms with Crippen LogP contribution >= 0.6 is 11.3 Å². The van der Waals surface area contributed by atoms with Crippen molar-refractivity contribution in [2.24, 2.45) is 0 Å². The monoisotopic (exact) mass is 277 g/mol. The summed E-state index contributed by atoms with van der Waals surface area (Å²) in [6, 6.07) is 0. The molecule has 0 saturated heterocycles. The van der Waals surface area contributed by atoms with Gasteiger partial charge in [-0.1, -0.05) is 13.8 Å². The second-order valence-electron chi connectivity index (χ2n) is 3.57. The zero-order valence-corrected chi connectivity index (χ0v) is 11.8. The molecule has 0 fully saturated rings. The normalized spacial score (nSPS) is 11.9. The third kappa shape index (κ3) is 5.58. The Morgan fingerprint density at radius 3 is 2.76 bits per heavy atom. The lowest BCUT2D eigenvalue weighted by atomic mass is 10.5. The summed E-state index contributed by atoms with van der Waals surface area (Å²) in [5.41, 5.74) is 0. The van der Waals surface area contributed by atoms with E-state index in [0.29, 0.717) is 19.6 Å². The minimum absolute atomic E-state index is 0.111. The average Bonchev–Trinajstić information content (AvgIpc) is 2.72. The largest absolute Gasteiger partial charge is 0.311 e. The highest BCUT2D eigenvalue weighted by molar-refractivity contribution is 7.89. The molecule has 1 aromatic rings. The van der Waals surface area contributed by atoms with Crippen molar-refractivity contribution in [3.63, 3.8) is 0 Å². The molecule has 7 heteroatoms. The molecular weight excluding hydrogens is 258 g/mol. The van der Waals surface area contributed by atoms with Gasteiger partial charge in [-0.3, -0.25) is 0 Å². The van der Waals surface area contributed by atoms with E-state index in [4.69, 9.17) is 0 Å². The summed E-state index contributed by atoms with van der Waals surface area (Å²) in [5.74, 6) is 0.111. The molecule has 1 heterocycles. The maximum Gasteiger partial charge on any atom is 0.212 e. The van der Waals surface area contributed by atoms with Crippen LogP contribution in [0, 0.1) is 0 Å². The van der Waals surface area contributed by atoms with Gasteiger partial charge in [0.1, 0.15) is 0 Å². The summed E-state index contributed by atoms with van der Waals surface area (Å²) in [4.78, 5) is 5.38. The Bertz CT molecular complexity index is 429. The first kappa shape index (κ1) is 14.6. The highest BCUT2D eigenvalue weighted by Crippen LogP contribution is 2.12. The van der Waals surface area contributed by atoms with E-state index in [2.05, 4.69) is 21.9 Å². The number of aryl methyl sites for hydroxylation is 1. The summed E-state index contributed by atoms with van der Waals surface area (Å²) in [6.45, 7) is 5.42. The fourth-order valence-corrected chi connectivity index (χ4v) is 3.13.